The molecule has 0 bridgehead atoms. The van der Waals surface area contributed by atoms with Crippen LogP contribution in [0.4, 0.5) is 4.39 Å². The summed E-state index contributed by atoms with van der Waals surface area (Å²) in [5, 5.41) is 4.20. The molecule has 6 heteroatoms. The second-order valence-electron chi connectivity index (χ2n) is 5.52. The molecule has 0 radical (unpaired) electrons. The van der Waals surface area contributed by atoms with Gasteiger partial charge in [0.1, 0.15) is 5.82 Å². The van der Waals surface area contributed by atoms with Crippen LogP contribution in [-0.2, 0) is 0 Å². The third-order valence-electron chi connectivity index (χ3n) is 3.88. The van der Waals surface area contributed by atoms with Crippen molar-refractivity contribution in [3.05, 3.63) is 53.1 Å². The van der Waals surface area contributed by atoms with Crippen molar-refractivity contribution in [3.8, 4) is 5.69 Å². The highest BCUT2D eigenvalue weighted by Gasteiger charge is 2.17. The van der Waals surface area contributed by atoms with Crippen molar-refractivity contribution in [2.75, 3.05) is 11.5 Å². The first-order valence-corrected chi connectivity index (χ1v) is 8.60. The van der Waals surface area contributed by atoms with E-state index in [0.29, 0.717) is 5.56 Å². The summed E-state index contributed by atoms with van der Waals surface area (Å²) in [7, 11) is 0. The van der Waals surface area contributed by atoms with Crippen LogP contribution in [0.2, 0.25) is 0 Å². The lowest BCUT2D eigenvalue weighted by molar-refractivity contribution is 0.0954. The maximum absolute atomic E-state index is 13.1. The molecule has 1 aromatic carbocycles. The average molecular weight is 331 g/mol. The van der Waals surface area contributed by atoms with E-state index in [-0.39, 0.29) is 11.7 Å². The standard InChI is InChI=1S/C17H18FN3OS/c1-11-9-16(17(22)20-19-14-7-8-23-10-14)12(2)21(11)15-5-3-13(18)4-6-15/h3-6,9H,7-8,10H2,1-2H3,(H,20,22)/b19-14+. The summed E-state index contributed by atoms with van der Waals surface area (Å²) in [5.74, 6) is 1.46. The predicted octanol–water partition coefficient (Wildman–Crippen LogP) is 3.46. The fourth-order valence-corrected chi connectivity index (χ4v) is 3.68. The van der Waals surface area contributed by atoms with Crippen molar-refractivity contribution in [3.63, 3.8) is 0 Å². The fraction of sp³-hybridized carbons (Fsp3) is 0.294. The Hall–Kier alpha value is -2.08. The van der Waals surface area contributed by atoms with Crippen LogP contribution in [0, 0.1) is 19.7 Å². The van der Waals surface area contributed by atoms with Crippen molar-refractivity contribution in [1.29, 1.82) is 0 Å². The molecule has 4 nitrogen and oxygen atoms in total. The topological polar surface area (TPSA) is 46.4 Å². The summed E-state index contributed by atoms with van der Waals surface area (Å²) in [6, 6.07) is 8.06. The molecule has 0 aliphatic carbocycles. The molecule has 1 N–H and O–H groups in total. The summed E-state index contributed by atoms with van der Waals surface area (Å²) >= 11 is 1.82. The van der Waals surface area contributed by atoms with Gasteiger partial charge in [0.2, 0.25) is 0 Å². The predicted molar refractivity (Wildman–Crippen MR) is 92.0 cm³/mol. The Kier molecular flexibility index (Phi) is 4.52. The van der Waals surface area contributed by atoms with Crippen molar-refractivity contribution in [2.45, 2.75) is 20.3 Å². The molecule has 3 rings (SSSR count). The first kappa shape index (κ1) is 15.8. The number of hydrogen-bond acceptors (Lipinski definition) is 3. The summed E-state index contributed by atoms with van der Waals surface area (Å²) in [4.78, 5) is 12.4. The quantitative estimate of drug-likeness (QED) is 0.876. The minimum atomic E-state index is -0.278. The maximum atomic E-state index is 13.1. The number of hydrogen-bond donors (Lipinski definition) is 1. The lowest BCUT2D eigenvalue weighted by Crippen LogP contribution is -2.20. The van der Waals surface area contributed by atoms with Crippen LogP contribution >= 0.6 is 11.8 Å². The third kappa shape index (κ3) is 3.32. The Morgan fingerprint density at radius 1 is 1.30 bits per heavy atom. The SMILES string of the molecule is Cc1cc(C(=O)N/N=C2\CCSC2)c(C)n1-c1ccc(F)cc1. The van der Waals surface area contributed by atoms with E-state index in [1.807, 2.05) is 36.2 Å². The van der Waals surface area contributed by atoms with E-state index in [2.05, 4.69) is 10.5 Å². The molecular formula is C17H18FN3OS. The van der Waals surface area contributed by atoms with E-state index in [4.69, 9.17) is 0 Å². The van der Waals surface area contributed by atoms with Crippen LogP contribution in [0.5, 0.6) is 0 Å². The zero-order valence-corrected chi connectivity index (χ0v) is 13.9. The monoisotopic (exact) mass is 331 g/mol. The molecule has 1 fully saturated rings. The van der Waals surface area contributed by atoms with E-state index < -0.39 is 0 Å². The number of halogens is 1. The van der Waals surface area contributed by atoms with Crippen LogP contribution in [0.3, 0.4) is 0 Å². The second kappa shape index (κ2) is 6.58. The van der Waals surface area contributed by atoms with Crippen molar-refractivity contribution >= 4 is 23.4 Å². The van der Waals surface area contributed by atoms with E-state index in [1.165, 1.54) is 12.1 Å². The Morgan fingerprint density at radius 2 is 2.04 bits per heavy atom. The van der Waals surface area contributed by atoms with Crippen LogP contribution < -0.4 is 5.43 Å². The first-order valence-electron chi connectivity index (χ1n) is 7.44. The molecule has 23 heavy (non-hydrogen) atoms. The lowest BCUT2D eigenvalue weighted by Gasteiger charge is -2.09. The molecule has 1 aliphatic heterocycles. The van der Waals surface area contributed by atoms with Crippen molar-refractivity contribution in [1.82, 2.24) is 9.99 Å². The Bertz CT molecular complexity index is 757. The van der Waals surface area contributed by atoms with E-state index >= 15 is 0 Å². The highest BCUT2D eigenvalue weighted by atomic mass is 32.2. The number of nitrogens with one attached hydrogen (secondary N) is 1. The molecule has 0 spiro atoms. The molecule has 1 aromatic heterocycles. The van der Waals surface area contributed by atoms with Gasteiger partial charge in [-0.3, -0.25) is 4.79 Å². The molecular weight excluding hydrogens is 313 g/mol. The Morgan fingerprint density at radius 3 is 2.70 bits per heavy atom. The molecule has 1 amide bonds. The Balaban J connectivity index is 1.86. The Labute approximate surface area is 138 Å². The summed E-state index contributed by atoms with van der Waals surface area (Å²) < 4.78 is 15.0. The third-order valence-corrected chi connectivity index (χ3v) is 4.91. The maximum Gasteiger partial charge on any atom is 0.273 e. The smallest absolute Gasteiger partial charge is 0.273 e. The molecule has 2 aromatic rings. The van der Waals surface area contributed by atoms with Crippen LogP contribution in [0.1, 0.15) is 28.2 Å². The summed E-state index contributed by atoms with van der Waals surface area (Å²) in [6.07, 6.45) is 0.930. The number of rotatable bonds is 3. The van der Waals surface area contributed by atoms with Crippen LogP contribution in [-0.4, -0.2) is 27.7 Å². The van der Waals surface area contributed by atoms with E-state index in [0.717, 1.165) is 40.7 Å². The van der Waals surface area contributed by atoms with E-state index in [9.17, 15) is 9.18 Å². The van der Waals surface area contributed by atoms with Gasteiger partial charge in [0, 0.05) is 28.5 Å². The zero-order chi connectivity index (χ0) is 16.4. The molecule has 0 atom stereocenters. The number of carbonyl (C=O) groups is 1. The van der Waals surface area contributed by atoms with Gasteiger partial charge in [-0.05, 0) is 56.4 Å². The van der Waals surface area contributed by atoms with Gasteiger partial charge >= 0.3 is 0 Å². The van der Waals surface area contributed by atoms with Gasteiger partial charge in [-0.15, -0.1) is 0 Å². The number of aryl methyl sites for hydroxylation is 1. The van der Waals surface area contributed by atoms with Gasteiger partial charge < -0.3 is 4.57 Å². The molecule has 0 unspecified atom stereocenters. The normalized spacial score (nSPS) is 16.0. The molecule has 1 saturated heterocycles. The highest BCUT2D eigenvalue weighted by molar-refractivity contribution is 8.00. The highest BCUT2D eigenvalue weighted by Crippen LogP contribution is 2.21. The number of hydrazone groups is 1. The number of carbonyl (C=O) groups excluding carboxylic acids is 1. The van der Waals surface area contributed by atoms with Crippen molar-refractivity contribution < 1.29 is 9.18 Å². The molecule has 1 aliphatic rings. The van der Waals surface area contributed by atoms with Gasteiger partial charge in [0.25, 0.3) is 5.91 Å². The second-order valence-corrected chi connectivity index (χ2v) is 6.62. The first-order chi connectivity index (χ1) is 11.1. The summed E-state index contributed by atoms with van der Waals surface area (Å²) in [5.41, 5.74) is 6.82. The number of aromatic nitrogens is 1. The van der Waals surface area contributed by atoms with Crippen LogP contribution in [0.15, 0.2) is 35.4 Å². The molecule has 2 heterocycles. The van der Waals surface area contributed by atoms with Crippen molar-refractivity contribution in [2.24, 2.45) is 5.10 Å². The van der Waals surface area contributed by atoms with Gasteiger partial charge in [0.15, 0.2) is 0 Å². The average Bonchev–Trinajstić information content (AvgIpc) is 3.14. The largest absolute Gasteiger partial charge is 0.318 e. The molecule has 120 valence electrons. The van der Waals surface area contributed by atoms with Gasteiger partial charge in [-0.25, -0.2) is 9.82 Å². The fourth-order valence-electron chi connectivity index (χ4n) is 2.71. The summed E-state index contributed by atoms with van der Waals surface area (Å²) in [6.45, 7) is 3.80. The van der Waals surface area contributed by atoms with E-state index in [1.54, 1.807) is 12.1 Å². The number of thioether (sulfide) groups is 1. The number of benzene rings is 1. The zero-order valence-electron chi connectivity index (χ0n) is 13.1. The molecule has 0 saturated carbocycles. The van der Waals surface area contributed by atoms with Gasteiger partial charge in [-0.2, -0.15) is 16.9 Å². The van der Waals surface area contributed by atoms with Crippen LogP contribution in [0.25, 0.3) is 5.69 Å². The van der Waals surface area contributed by atoms with Gasteiger partial charge in [-0.1, -0.05) is 0 Å². The minimum Gasteiger partial charge on any atom is -0.318 e. The minimum absolute atomic E-state index is 0.212. The number of amides is 1. The van der Waals surface area contributed by atoms with Gasteiger partial charge in [0.05, 0.1) is 5.56 Å². The number of nitrogens with zero attached hydrogens (tertiary/aromatic N) is 2. The lowest BCUT2D eigenvalue weighted by atomic mass is 10.2.